The highest BCUT2D eigenvalue weighted by molar-refractivity contribution is 7.92. The number of anilines is 2. The van der Waals surface area contributed by atoms with E-state index >= 15 is 0 Å². The number of sulfonamides is 1. The van der Waals surface area contributed by atoms with E-state index in [1.54, 1.807) is 79.4 Å². The van der Waals surface area contributed by atoms with E-state index in [1.165, 1.54) is 12.1 Å². The van der Waals surface area contributed by atoms with E-state index in [9.17, 15) is 23.1 Å². The van der Waals surface area contributed by atoms with Gasteiger partial charge in [0.05, 0.1) is 21.9 Å². The van der Waals surface area contributed by atoms with Gasteiger partial charge in [-0.3, -0.25) is 14.3 Å². The van der Waals surface area contributed by atoms with Crippen molar-refractivity contribution in [2.45, 2.75) is 31.6 Å². The third-order valence-electron chi connectivity index (χ3n) is 7.35. The minimum atomic E-state index is -3.84. The molecule has 236 valence electrons. The molecule has 0 fully saturated rings. The van der Waals surface area contributed by atoms with Crippen LogP contribution in [0.2, 0.25) is 0 Å². The molecular formula is C35H35N5O5S. The number of hydrogen-bond donors (Lipinski definition) is 4. The average Bonchev–Trinajstić information content (AvgIpc) is 3.40. The Morgan fingerprint density at radius 2 is 1.54 bits per heavy atom. The number of rotatable bonds is 12. The van der Waals surface area contributed by atoms with E-state index in [4.69, 9.17) is 4.99 Å². The Balaban J connectivity index is 1.52. The van der Waals surface area contributed by atoms with Gasteiger partial charge in [0.1, 0.15) is 0 Å². The second-order valence-corrected chi connectivity index (χ2v) is 12.2. The van der Waals surface area contributed by atoms with Crippen LogP contribution in [0.25, 0.3) is 10.9 Å². The topological polar surface area (TPSA) is 144 Å². The molecule has 0 saturated heterocycles. The third kappa shape index (κ3) is 7.27. The summed E-state index contributed by atoms with van der Waals surface area (Å²) in [5.41, 5.74) is 3.75. The molecule has 0 aliphatic heterocycles. The van der Waals surface area contributed by atoms with E-state index in [-0.39, 0.29) is 22.6 Å². The Morgan fingerprint density at radius 1 is 0.870 bits per heavy atom. The molecule has 10 nitrogen and oxygen atoms in total. The predicted octanol–water partition coefficient (Wildman–Crippen LogP) is 6.11. The molecule has 46 heavy (non-hydrogen) atoms. The molecule has 0 unspecified atom stereocenters. The minimum Gasteiger partial charge on any atom is -0.494 e. The van der Waals surface area contributed by atoms with Gasteiger partial charge in [-0.25, -0.2) is 13.4 Å². The summed E-state index contributed by atoms with van der Waals surface area (Å²) in [5.74, 6) is -0.274. The average molecular weight is 638 g/mol. The first-order chi connectivity index (χ1) is 22.2. The van der Waals surface area contributed by atoms with Crippen molar-refractivity contribution < 1.29 is 23.1 Å². The fourth-order valence-corrected chi connectivity index (χ4v) is 6.08. The number of H-pyrrole nitrogens is 1. The number of aromatic nitrogens is 1. The van der Waals surface area contributed by atoms with Gasteiger partial charge >= 0.3 is 0 Å². The van der Waals surface area contributed by atoms with Crippen LogP contribution < -0.4 is 14.9 Å². The lowest BCUT2D eigenvalue weighted by atomic mass is 10.0. The summed E-state index contributed by atoms with van der Waals surface area (Å²) in [6.07, 6.45) is 0.678. The van der Waals surface area contributed by atoms with Crippen molar-refractivity contribution in [3.63, 3.8) is 0 Å². The molecule has 0 aliphatic carbocycles. The molecule has 0 aliphatic rings. The van der Waals surface area contributed by atoms with Crippen LogP contribution in [0.15, 0.2) is 113 Å². The Morgan fingerprint density at radius 3 is 2.20 bits per heavy atom. The third-order valence-corrected chi connectivity index (χ3v) is 8.75. The number of nitrogens with one attached hydrogen (secondary N) is 3. The number of carbonyl (C=O) groups is 2. The first-order valence-corrected chi connectivity index (χ1v) is 16.4. The van der Waals surface area contributed by atoms with Crippen molar-refractivity contribution in [2.75, 3.05) is 22.7 Å². The summed E-state index contributed by atoms with van der Waals surface area (Å²) in [4.78, 5) is 34.1. The normalized spacial score (nSPS) is 11.7. The van der Waals surface area contributed by atoms with E-state index in [0.29, 0.717) is 65.2 Å². The maximum Gasteiger partial charge on any atom is 0.261 e. The molecule has 11 heteroatoms. The van der Waals surface area contributed by atoms with Crippen LogP contribution in [0.1, 0.15) is 37.8 Å². The van der Waals surface area contributed by atoms with Gasteiger partial charge in [-0.2, -0.15) is 0 Å². The lowest BCUT2D eigenvalue weighted by Crippen LogP contribution is -2.38. The largest absolute Gasteiger partial charge is 0.494 e. The summed E-state index contributed by atoms with van der Waals surface area (Å²) in [6, 6.07) is 29.6. The number of carbonyl (C=O) groups excluding carboxylic acids is 2. The molecule has 0 bridgehead atoms. The molecule has 5 aromatic rings. The van der Waals surface area contributed by atoms with Gasteiger partial charge in [-0.05, 0) is 54.6 Å². The number of aromatic hydroxyl groups is 1. The lowest BCUT2D eigenvalue weighted by molar-refractivity contribution is -0.121. The summed E-state index contributed by atoms with van der Waals surface area (Å²) < 4.78 is 28.7. The monoisotopic (exact) mass is 637 g/mol. The molecule has 4 N–H and O–H groups in total. The number of aromatic amines is 1. The van der Waals surface area contributed by atoms with E-state index < -0.39 is 10.0 Å². The number of nitrogens with zero attached hydrogens (tertiary/aromatic N) is 2. The van der Waals surface area contributed by atoms with Gasteiger partial charge in [-0.1, -0.05) is 62.4 Å². The van der Waals surface area contributed by atoms with Crippen molar-refractivity contribution in [3.8, 4) is 5.88 Å². The molecule has 2 amide bonds. The highest BCUT2D eigenvalue weighted by Crippen LogP contribution is 2.34. The van der Waals surface area contributed by atoms with Crippen molar-refractivity contribution in [1.82, 2.24) is 10.3 Å². The highest BCUT2D eigenvalue weighted by Gasteiger charge is 2.21. The number of aliphatic imine (C=N–C) groups is 1. The molecule has 0 saturated carbocycles. The number of benzene rings is 4. The van der Waals surface area contributed by atoms with Crippen LogP contribution in [-0.2, 0) is 19.6 Å². The molecule has 1 heterocycles. The predicted molar refractivity (Wildman–Crippen MR) is 181 cm³/mol. The zero-order valence-electron chi connectivity index (χ0n) is 25.5. The van der Waals surface area contributed by atoms with Crippen LogP contribution in [0.5, 0.6) is 5.88 Å². The molecule has 0 atom stereocenters. The van der Waals surface area contributed by atoms with Gasteiger partial charge in [0.15, 0.2) is 5.88 Å². The zero-order chi connectivity index (χ0) is 32.7. The van der Waals surface area contributed by atoms with Gasteiger partial charge in [0, 0.05) is 53.8 Å². The number of fused-ring (bicyclic) bond motifs is 1. The SMILES string of the molecule is CCC(=O)NCCN(C(=O)CC)c1ccc(N=C(c2ccccc2)c2c(O)[nH]c3ccc(NS(=O)(=O)c4ccccc4)cc23)cc1. The number of hydrogen-bond acceptors (Lipinski definition) is 6. The first kappa shape index (κ1) is 32.0. The van der Waals surface area contributed by atoms with Crippen LogP contribution in [0.3, 0.4) is 0 Å². The maximum atomic E-state index is 13.0. The molecule has 1 aromatic heterocycles. The van der Waals surface area contributed by atoms with Crippen LogP contribution in [-0.4, -0.2) is 49.1 Å². The summed E-state index contributed by atoms with van der Waals surface area (Å²) in [5, 5.41) is 14.5. The Bertz CT molecular complexity index is 1970. The van der Waals surface area contributed by atoms with Gasteiger partial charge < -0.3 is 20.3 Å². The fourth-order valence-electron chi connectivity index (χ4n) is 5.01. The summed E-state index contributed by atoms with van der Waals surface area (Å²) >= 11 is 0. The van der Waals surface area contributed by atoms with Crippen LogP contribution in [0.4, 0.5) is 17.1 Å². The van der Waals surface area contributed by atoms with Gasteiger partial charge in [0.25, 0.3) is 10.0 Å². The van der Waals surface area contributed by atoms with Gasteiger partial charge in [0.2, 0.25) is 11.8 Å². The second-order valence-electron chi connectivity index (χ2n) is 10.5. The fraction of sp³-hybridized carbons (Fsp3) is 0.171. The smallest absolute Gasteiger partial charge is 0.261 e. The molecule has 0 spiro atoms. The number of amides is 2. The van der Waals surface area contributed by atoms with Crippen molar-refractivity contribution in [3.05, 3.63) is 114 Å². The molecular weight excluding hydrogens is 602 g/mol. The summed E-state index contributed by atoms with van der Waals surface area (Å²) in [7, 11) is -3.84. The van der Waals surface area contributed by atoms with Crippen LogP contribution >= 0.6 is 0 Å². The van der Waals surface area contributed by atoms with E-state index in [1.807, 2.05) is 30.3 Å². The molecule has 0 radical (unpaired) electrons. The Kier molecular flexibility index (Phi) is 9.82. The standard InChI is InChI=1S/C35H35N5O5S/c1-3-31(41)36-21-22-40(32(42)4-2)27-18-15-25(16-19-27)37-34(24-11-7-5-8-12-24)33-29-23-26(17-20-30(29)38-35(33)43)39-46(44,45)28-13-9-6-10-14-28/h5-20,23,38-39,43H,3-4,21-22H2,1-2H3,(H,36,41). The molecule has 5 rings (SSSR count). The zero-order valence-corrected chi connectivity index (χ0v) is 26.3. The van der Waals surface area contributed by atoms with Crippen molar-refractivity contribution >= 4 is 55.5 Å². The minimum absolute atomic E-state index is 0.0746. The molecule has 4 aromatic carbocycles. The van der Waals surface area contributed by atoms with E-state index in [0.717, 1.165) is 5.56 Å². The van der Waals surface area contributed by atoms with Crippen LogP contribution in [0, 0.1) is 0 Å². The van der Waals surface area contributed by atoms with Crippen molar-refractivity contribution in [2.24, 2.45) is 4.99 Å². The highest BCUT2D eigenvalue weighted by atomic mass is 32.2. The maximum absolute atomic E-state index is 13.0. The summed E-state index contributed by atoms with van der Waals surface area (Å²) in [6.45, 7) is 4.22. The first-order valence-electron chi connectivity index (χ1n) is 14.9. The second kappa shape index (κ2) is 14.1. The quantitative estimate of drug-likeness (QED) is 0.122. The van der Waals surface area contributed by atoms with Crippen molar-refractivity contribution in [1.29, 1.82) is 0 Å². The van der Waals surface area contributed by atoms with E-state index in [2.05, 4.69) is 15.0 Å². The van der Waals surface area contributed by atoms with Gasteiger partial charge in [-0.15, -0.1) is 0 Å². The lowest BCUT2D eigenvalue weighted by Gasteiger charge is -2.22. The Hall–Kier alpha value is -5.42. The Labute approximate surface area is 267 Å².